The first-order valence-electron chi connectivity index (χ1n) is 17.7. The highest BCUT2D eigenvalue weighted by Gasteiger charge is 2.19. The number of carbonyl (C=O) groups is 2. The number of rotatable bonds is 8. The standard InChI is InChI=1S/C21H16NO.C13H13NO2.C13H12NO.2CH4/c23-21(16-8-2-1-3-9-16)15-22-19-12-6-4-10-17(19)14-18-11-5-7-13-20(18)22;1-10-6-5-7-11(2)14(10)16-13-9-4-3-8-12(13)15;15-13(12-7-3-1-4-8-12)11-14-9-5-2-6-10-14;;/h1-14H,15H2;3-9H,1-2H3;1-10H,11H2;2*1H4/q+1;;+1;;/p+1. The fourth-order valence-corrected chi connectivity index (χ4v) is 5.98. The number of aryl methyl sites for hydroxylation is 2. The molecule has 8 aromatic rings. The van der Waals surface area contributed by atoms with Gasteiger partial charge in [0.05, 0.1) is 0 Å². The highest BCUT2D eigenvalue weighted by atomic mass is 16.7. The molecule has 0 aliphatic rings. The molecule has 0 saturated heterocycles. The van der Waals surface area contributed by atoms with E-state index in [2.05, 4.69) is 34.9 Å². The number of Topliss-reactive ketones (excluding diaryl/α,β-unsaturated/α-hetero) is 2. The number of aromatic nitrogens is 3. The fourth-order valence-electron chi connectivity index (χ4n) is 5.98. The number of phenols is 1. The molecule has 56 heavy (non-hydrogen) atoms. The van der Waals surface area contributed by atoms with Crippen LogP contribution in [0.15, 0.2) is 188 Å². The number of pyridine rings is 3. The zero-order valence-corrected chi connectivity index (χ0v) is 30.3. The van der Waals surface area contributed by atoms with Gasteiger partial charge in [-0.1, -0.05) is 118 Å². The SMILES string of the molecule is C.C.Cc1cccc(C)[n+]1Oc1ccccc1O.O=C(C[n+]1c2ccccc2cc2ccccc21)c1ccccc1.O=C(C[n+]1ccccc1)c1ccccc1. The minimum absolute atomic E-state index is 0. The van der Waals surface area contributed by atoms with Crippen molar-refractivity contribution >= 4 is 33.4 Å². The molecule has 7 heteroatoms. The maximum Gasteiger partial charge on any atom is 0.245 e. The number of aromatic hydroxyl groups is 1. The lowest BCUT2D eigenvalue weighted by molar-refractivity contribution is -0.883. The van der Waals surface area contributed by atoms with Crippen molar-refractivity contribution in [3.63, 3.8) is 0 Å². The van der Waals surface area contributed by atoms with Gasteiger partial charge in [-0.05, 0) is 36.4 Å². The first kappa shape index (κ1) is 41.8. The summed E-state index contributed by atoms with van der Waals surface area (Å²) in [5.74, 6) is 0.839. The van der Waals surface area contributed by atoms with Crippen LogP contribution < -0.4 is 18.7 Å². The van der Waals surface area contributed by atoms with Crippen LogP contribution in [0.4, 0.5) is 0 Å². The Bertz CT molecular complexity index is 2410. The van der Waals surface area contributed by atoms with Gasteiger partial charge in [-0.2, -0.15) is 9.13 Å². The topological polar surface area (TPSA) is 75.2 Å². The number of phenolic OH excluding ortho intramolecular Hbond substituents is 1. The molecule has 0 amide bonds. The lowest BCUT2D eigenvalue weighted by Gasteiger charge is -2.05. The molecule has 1 N–H and O–H groups in total. The van der Waals surface area contributed by atoms with E-state index >= 15 is 0 Å². The molecule has 0 saturated carbocycles. The Morgan fingerprint density at radius 1 is 0.518 bits per heavy atom. The third kappa shape index (κ3) is 10.8. The van der Waals surface area contributed by atoms with E-state index in [1.165, 1.54) is 0 Å². The molecule has 0 unspecified atom stereocenters. The van der Waals surface area contributed by atoms with Gasteiger partial charge in [0.25, 0.3) is 0 Å². The number of para-hydroxylation sites is 4. The Hall–Kier alpha value is -6.99. The average Bonchev–Trinajstić information content (AvgIpc) is 3.21. The number of ketones is 2. The van der Waals surface area contributed by atoms with Crippen LogP contribution >= 0.6 is 0 Å². The molecule has 0 aliphatic heterocycles. The molecule has 5 aromatic carbocycles. The minimum Gasteiger partial charge on any atom is -0.504 e. The van der Waals surface area contributed by atoms with Crippen molar-refractivity contribution in [2.24, 2.45) is 0 Å². The van der Waals surface area contributed by atoms with E-state index in [1.807, 2.05) is 158 Å². The van der Waals surface area contributed by atoms with E-state index < -0.39 is 0 Å². The Balaban J connectivity index is 0.000000189. The number of nitrogens with zero attached hydrogens (tertiary/aromatic N) is 3. The summed E-state index contributed by atoms with van der Waals surface area (Å²) in [6.07, 6.45) is 3.78. The van der Waals surface area contributed by atoms with E-state index in [0.29, 0.717) is 18.8 Å². The fraction of sp³-hybridized carbons (Fsp3) is 0.122. The molecular formula is C49H50N3O4+3. The Kier molecular flexibility index (Phi) is 15.3. The van der Waals surface area contributed by atoms with Crippen LogP contribution in [0.5, 0.6) is 11.5 Å². The molecule has 282 valence electrons. The van der Waals surface area contributed by atoms with Gasteiger partial charge in [-0.25, -0.2) is 4.84 Å². The lowest BCUT2D eigenvalue weighted by Crippen LogP contribution is -2.45. The third-order valence-electron chi connectivity index (χ3n) is 8.73. The van der Waals surface area contributed by atoms with Crippen LogP contribution in [0.3, 0.4) is 0 Å². The lowest BCUT2D eigenvalue weighted by atomic mass is 10.1. The van der Waals surface area contributed by atoms with Crippen molar-refractivity contribution in [2.45, 2.75) is 41.8 Å². The Morgan fingerprint density at radius 3 is 1.50 bits per heavy atom. The van der Waals surface area contributed by atoms with Gasteiger partial charge in [0.1, 0.15) is 0 Å². The van der Waals surface area contributed by atoms with Crippen LogP contribution in [0.2, 0.25) is 0 Å². The molecule has 0 spiro atoms. The second kappa shape index (κ2) is 20.5. The molecule has 0 radical (unpaired) electrons. The highest BCUT2D eigenvalue weighted by Crippen LogP contribution is 2.23. The van der Waals surface area contributed by atoms with Gasteiger partial charge in [-0.15, -0.1) is 0 Å². The summed E-state index contributed by atoms with van der Waals surface area (Å²) in [6.45, 7) is 4.64. The zero-order valence-electron chi connectivity index (χ0n) is 30.3. The smallest absolute Gasteiger partial charge is 0.245 e. The number of fused-ring (bicyclic) bond motifs is 2. The van der Waals surface area contributed by atoms with Crippen molar-refractivity contribution in [3.8, 4) is 11.5 Å². The second-order valence-corrected chi connectivity index (χ2v) is 12.6. The number of hydrogen-bond acceptors (Lipinski definition) is 4. The van der Waals surface area contributed by atoms with Gasteiger partial charge in [0.2, 0.25) is 52.8 Å². The number of carbonyl (C=O) groups excluding carboxylic acids is 2. The minimum atomic E-state index is 0. The molecule has 0 bridgehead atoms. The molecule has 3 aromatic heterocycles. The van der Waals surface area contributed by atoms with Crippen molar-refractivity contribution in [2.75, 3.05) is 0 Å². The van der Waals surface area contributed by atoms with E-state index in [4.69, 9.17) is 4.84 Å². The summed E-state index contributed by atoms with van der Waals surface area (Å²) in [6, 6.07) is 55.9. The molecular weight excluding hydrogens is 695 g/mol. The molecule has 0 atom stereocenters. The van der Waals surface area contributed by atoms with Gasteiger partial charge in [-0.3, -0.25) is 9.59 Å². The van der Waals surface area contributed by atoms with Gasteiger partial charge >= 0.3 is 0 Å². The Labute approximate surface area is 329 Å². The first-order valence-corrected chi connectivity index (χ1v) is 17.7. The maximum atomic E-state index is 12.7. The first-order chi connectivity index (χ1) is 26.4. The average molecular weight is 745 g/mol. The monoisotopic (exact) mass is 744 g/mol. The quantitative estimate of drug-likeness (QED) is 0.0956. The highest BCUT2D eigenvalue weighted by molar-refractivity contribution is 5.96. The molecule has 0 fully saturated rings. The molecule has 0 aliphatic carbocycles. The molecule has 8 rings (SSSR count). The summed E-state index contributed by atoms with van der Waals surface area (Å²) in [4.78, 5) is 30.1. The normalized spacial score (nSPS) is 10.0. The van der Waals surface area contributed by atoms with Crippen LogP contribution in [-0.4, -0.2) is 16.7 Å². The predicted molar refractivity (Wildman–Crippen MR) is 224 cm³/mol. The summed E-state index contributed by atoms with van der Waals surface area (Å²) in [7, 11) is 0. The largest absolute Gasteiger partial charge is 0.504 e. The van der Waals surface area contributed by atoms with E-state index in [9.17, 15) is 14.7 Å². The third-order valence-corrected chi connectivity index (χ3v) is 8.73. The maximum absolute atomic E-state index is 12.7. The van der Waals surface area contributed by atoms with Gasteiger partial charge < -0.3 is 5.11 Å². The van der Waals surface area contributed by atoms with Crippen LogP contribution in [0.1, 0.15) is 47.0 Å². The van der Waals surface area contributed by atoms with E-state index in [1.54, 1.807) is 22.9 Å². The summed E-state index contributed by atoms with van der Waals surface area (Å²) < 4.78 is 5.67. The molecule has 3 heterocycles. The van der Waals surface area contributed by atoms with E-state index in [0.717, 1.165) is 44.3 Å². The van der Waals surface area contributed by atoms with Gasteiger partial charge in [0.15, 0.2) is 18.1 Å². The van der Waals surface area contributed by atoms with Crippen LogP contribution in [0.25, 0.3) is 21.8 Å². The summed E-state index contributed by atoms with van der Waals surface area (Å²) >= 11 is 0. The van der Waals surface area contributed by atoms with Crippen LogP contribution in [0, 0.1) is 13.8 Å². The van der Waals surface area contributed by atoms with Crippen LogP contribution in [-0.2, 0) is 13.1 Å². The van der Waals surface area contributed by atoms with Crippen molar-refractivity contribution in [3.05, 3.63) is 211 Å². The van der Waals surface area contributed by atoms with Crippen molar-refractivity contribution < 1.29 is 33.4 Å². The second-order valence-electron chi connectivity index (χ2n) is 12.6. The molecule has 7 nitrogen and oxygen atoms in total. The summed E-state index contributed by atoms with van der Waals surface area (Å²) in [5, 5.41) is 11.9. The van der Waals surface area contributed by atoms with Crippen molar-refractivity contribution in [1.82, 2.24) is 0 Å². The Morgan fingerprint density at radius 2 is 0.964 bits per heavy atom. The number of hydrogen-bond donors (Lipinski definition) is 1. The zero-order chi connectivity index (χ0) is 37.7. The number of benzene rings is 5. The van der Waals surface area contributed by atoms with E-state index in [-0.39, 0.29) is 32.2 Å². The predicted octanol–water partition coefficient (Wildman–Crippen LogP) is 9.43. The summed E-state index contributed by atoms with van der Waals surface area (Å²) in [5.41, 5.74) is 5.61. The van der Waals surface area contributed by atoms with Gasteiger partial charge in [0, 0.05) is 76.9 Å². The van der Waals surface area contributed by atoms with Crippen molar-refractivity contribution in [1.29, 1.82) is 0 Å².